The van der Waals surface area contributed by atoms with E-state index in [0.29, 0.717) is 32.7 Å². The first-order chi connectivity index (χ1) is 25.3. The lowest BCUT2D eigenvalue weighted by molar-refractivity contribution is -0.135. The molecule has 0 spiro atoms. The van der Waals surface area contributed by atoms with E-state index < -0.39 is 60.1 Å². The monoisotopic (exact) mass is 707 g/mol. The lowest BCUT2D eigenvalue weighted by atomic mass is 10.0. The van der Waals surface area contributed by atoms with Crippen LogP contribution in [0.5, 0.6) is 0 Å². The summed E-state index contributed by atoms with van der Waals surface area (Å²) in [6, 6.07) is 22.6. The Bertz CT molecular complexity index is 1840. The zero-order chi connectivity index (χ0) is 36.3. The smallest absolute Gasteiger partial charge is 0.243 e. The van der Waals surface area contributed by atoms with Gasteiger partial charge in [0.15, 0.2) is 0 Å². The van der Waals surface area contributed by atoms with Crippen molar-refractivity contribution in [3.63, 3.8) is 0 Å². The predicted octanol–water partition coefficient (Wildman–Crippen LogP) is 0.987. The molecule has 52 heavy (non-hydrogen) atoms. The van der Waals surface area contributed by atoms with Gasteiger partial charge in [-0.05, 0) is 29.2 Å². The van der Waals surface area contributed by atoms with Crippen molar-refractivity contribution in [2.24, 2.45) is 0 Å². The minimum absolute atomic E-state index is 0.0200. The molecule has 4 atom stereocenters. The number of aromatic nitrogens is 1. The third-order valence-electron chi connectivity index (χ3n) is 9.37. The number of nitrogens with one attached hydrogen (secondary N) is 6. The maximum absolute atomic E-state index is 14.2. The molecule has 0 radical (unpaired) electrons. The first kappa shape index (κ1) is 36.3. The molecule has 2 fully saturated rings. The lowest BCUT2D eigenvalue weighted by Gasteiger charge is -2.29. The van der Waals surface area contributed by atoms with E-state index in [1.54, 1.807) is 6.20 Å². The Labute approximate surface area is 302 Å². The summed E-state index contributed by atoms with van der Waals surface area (Å²) < 4.78 is 5.38. The van der Waals surface area contributed by atoms with Crippen LogP contribution in [-0.2, 0) is 48.0 Å². The molecule has 2 aliphatic heterocycles. The molecular formula is C39H45N7O6. The van der Waals surface area contributed by atoms with Crippen LogP contribution in [0.25, 0.3) is 10.9 Å². The molecule has 0 unspecified atom stereocenters. The molecule has 3 aromatic carbocycles. The highest BCUT2D eigenvalue weighted by Crippen LogP contribution is 2.20. The second kappa shape index (κ2) is 17.6. The van der Waals surface area contributed by atoms with Crippen molar-refractivity contribution in [1.29, 1.82) is 0 Å². The Hall–Kier alpha value is -5.53. The molecule has 0 bridgehead atoms. The minimum atomic E-state index is -1.23. The summed E-state index contributed by atoms with van der Waals surface area (Å²) in [5, 5.41) is 15.3. The number of aromatic amines is 1. The number of nitrogens with zero attached hydrogens (tertiary/aromatic N) is 1. The van der Waals surface area contributed by atoms with Crippen molar-refractivity contribution < 1.29 is 28.7 Å². The van der Waals surface area contributed by atoms with Gasteiger partial charge in [-0.25, -0.2) is 0 Å². The number of para-hydroxylation sites is 1. The van der Waals surface area contributed by atoms with Crippen molar-refractivity contribution in [3.8, 4) is 0 Å². The number of hydrogen-bond donors (Lipinski definition) is 6. The second-order valence-electron chi connectivity index (χ2n) is 13.3. The van der Waals surface area contributed by atoms with Crippen LogP contribution in [0.4, 0.5) is 0 Å². The summed E-state index contributed by atoms with van der Waals surface area (Å²) in [6.07, 6.45) is 2.09. The zero-order valence-corrected chi connectivity index (χ0v) is 28.9. The quantitative estimate of drug-likeness (QED) is 0.151. The number of carbonyl (C=O) groups is 5. The lowest BCUT2D eigenvalue weighted by Crippen LogP contribution is -2.59. The van der Waals surface area contributed by atoms with E-state index in [1.807, 2.05) is 89.8 Å². The fraction of sp³-hybridized carbons (Fsp3) is 0.359. The molecule has 6 rings (SSSR count). The number of ether oxygens (including phenoxy) is 1. The van der Waals surface area contributed by atoms with Crippen LogP contribution in [0.3, 0.4) is 0 Å². The van der Waals surface area contributed by atoms with E-state index in [9.17, 15) is 24.0 Å². The van der Waals surface area contributed by atoms with E-state index in [2.05, 4.69) is 31.6 Å². The SMILES string of the molecule is O=C1C[C@@H](NC(=O)CN2CCOCC2)C(=O)NC[C@@H](Cc2ccccc2)NC(=O)[C@H](Cc2ccccc2)NC(=O)[C@H](Cc2c[nH]c3ccccc23)N1. The number of carbonyl (C=O) groups excluding carboxylic acids is 5. The number of morpholine rings is 1. The molecule has 3 heterocycles. The first-order valence-electron chi connectivity index (χ1n) is 17.7. The van der Waals surface area contributed by atoms with E-state index in [0.717, 1.165) is 27.6 Å². The molecule has 0 saturated carbocycles. The largest absolute Gasteiger partial charge is 0.379 e. The van der Waals surface area contributed by atoms with Gasteiger partial charge in [-0.15, -0.1) is 0 Å². The zero-order valence-electron chi connectivity index (χ0n) is 28.9. The summed E-state index contributed by atoms with van der Waals surface area (Å²) in [5.41, 5.74) is 3.43. The van der Waals surface area contributed by atoms with Crippen LogP contribution in [-0.4, -0.2) is 103 Å². The molecule has 6 N–H and O–H groups in total. The third kappa shape index (κ3) is 10.0. The summed E-state index contributed by atoms with van der Waals surface area (Å²) in [7, 11) is 0. The van der Waals surface area contributed by atoms with Crippen LogP contribution in [0.1, 0.15) is 23.1 Å². The van der Waals surface area contributed by atoms with Crippen LogP contribution >= 0.6 is 0 Å². The summed E-state index contributed by atoms with van der Waals surface area (Å²) in [6.45, 7) is 2.20. The van der Waals surface area contributed by atoms with Gasteiger partial charge in [0, 0.05) is 49.6 Å². The molecule has 4 aromatic rings. The molecule has 13 nitrogen and oxygen atoms in total. The van der Waals surface area contributed by atoms with Gasteiger partial charge in [0.05, 0.1) is 32.2 Å². The highest BCUT2D eigenvalue weighted by molar-refractivity contribution is 5.96. The van der Waals surface area contributed by atoms with E-state index in [1.165, 1.54) is 0 Å². The van der Waals surface area contributed by atoms with Gasteiger partial charge < -0.3 is 36.3 Å². The van der Waals surface area contributed by atoms with E-state index in [-0.39, 0.29) is 25.9 Å². The fourth-order valence-electron chi connectivity index (χ4n) is 6.63. The minimum Gasteiger partial charge on any atom is -0.379 e. The van der Waals surface area contributed by atoms with Gasteiger partial charge in [-0.3, -0.25) is 28.9 Å². The Morgan fingerprint density at radius 2 is 1.37 bits per heavy atom. The van der Waals surface area contributed by atoms with Gasteiger partial charge in [-0.1, -0.05) is 78.9 Å². The highest BCUT2D eigenvalue weighted by Gasteiger charge is 2.32. The van der Waals surface area contributed by atoms with Crippen LogP contribution < -0.4 is 26.6 Å². The predicted molar refractivity (Wildman–Crippen MR) is 195 cm³/mol. The summed E-state index contributed by atoms with van der Waals surface area (Å²) in [4.78, 5) is 74.0. The van der Waals surface area contributed by atoms with Gasteiger partial charge in [0.25, 0.3) is 0 Å². The van der Waals surface area contributed by atoms with Crippen LogP contribution in [0, 0.1) is 0 Å². The van der Waals surface area contributed by atoms with E-state index in [4.69, 9.17) is 4.74 Å². The Morgan fingerprint density at radius 3 is 2.10 bits per heavy atom. The number of amides is 5. The fourth-order valence-corrected chi connectivity index (χ4v) is 6.63. The number of hydrogen-bond acceptors (Lipinski definition) is 7. The molecule has 13 heteroatoms. The molecule has 1 aromatic heterocycles. The van der Waals surface area contributed by atoms with Crippen molar-refractivity contribution in [1.82, 2.24) is 36.5 Å². The summed E-state index contributed by atoms with van der Waals surface area (Å²) >= 11 is 0. The van der Waals surface area contributed by atoms with Crippen molar-refractivity contribution in [2.45, 2.75) is 49.9 Å². The standard InChI is InChI=1S/C39H45N7O6/c47-35-22-34(44-36(48)25-46-15-17-52-18-16-46)37(49)41-24-29(19-26-9-3-1-4-10-26)42-38(50)32(20-27-11-5-2-6-12-27)45-39(51)33(43-35)21-28-23-40-31-14-8-7-13-30(28)31/h1-14,23,29,32-34,40H,15-22,24-25H2,(H,41,49)(H,42,50)(H,43,47)(H,44,48)(H,45,51)/t29-,32+,33+,34-/m1/s1. The normalized spacial score (nSPS) is 22.4. The maximum Gasteiger partial charge on any atom is 0.243 e. The van der Waals surface area contributed by atoms with Gasteiger partial charge in [-0.2, -0.15) is 0 Å². The van der Waals surface area contributed by atoms with Crippen LogP contribution in [0.2, 0.25) is 0 Å². The average molecular weight is 708 g/mol. The molecule has 5 amide bonds. The van der Waals surface area contributed by atoms with Crippen molar-refractivity contribution in [3.05, 3.63) is 108 Å². The van der Waals surface area contributed by atoms with Crippen LogP contribution in [0.15, 0.2) is 91.1 Å². The van der Waals surface area contributed by atoms with Gasteiger partial charge in [0.1, 0.15) is 18.1 Å². The van der Waals surface area contributed by atoms with E-state index >= 15 is 0 Å². The first-order valence-corrected chi connectivity index (χ1v) is 17.7. The number of H-pyrrole nitrogens is 1. The molecule has 2 aliphatic rings. The number of benzene rings is 3. The number of fused-ring (bicyclic) bond motifs is 1. The van der Waals surface area contributed by atoms with Gasteiger partial charge >= 0.3 is 0 Å². The maximum atomic E-state index is 14.2. The number of rotatable bonds is 9. The molecule has 2 saturated heterocycles. The van der Waals surface area contributed by atoms with Gasteiger partial charge in [0.2, 0.25) is 29.5 Å². The third-order valence-corrected chi connectivity index (χ3v) is 9.37. The Balaban J connectivity index is 1.29. The topological polar surface area (TPSA) is 174 Å². The van der Waals surface area contributed by atoms with Crippen molar-refractivity contribution in [2.75, 3.05) is 39.4 Å². The Kier molecular flexibility index (Phi) is 12.3. The average Bonchev–Trinajstić information content (AvgIpc) is 3.56. The molecular weight excluding hydrogens is 662 g/mol. The summed E-state index contributed by atoms with van der Waals surface area (Å²) in [5.74, 6) is -2.58. The Morgan fingerprint density at radius 1 is 0.731 bits per heavy atom. The molecule has 272 valence electrons. The van der Waals surface area contributed by atoms with Crippen molar-refractivity contribution >= 4 is 40.4 Å². The molecule has 0 aliphatic carbocycles. The highest BCUT2D eigenvalue weighted by atomic mass is 16.5. The second-order valence-corrected chi connectivity index (χ2v) is 13.3.